The molecule has 0 spiro atoms. The molecule has 1 aliphatic rings. The van der Waals surface area contributed by atoms with E-state index in [4.69, 9.17) is 9.47 Å². The number of hydrogen-bond acceptors (Lipinski definition) is 6. The summed E-state index contributed by atoms with van der Waals surface area (Å²) < 4.78 is 35.9. The van der Waals surface area contributed by atoms with E-state index in [1.54, 1.807) is 37.3 Å². The van der Waals surface area contributed by atoms with E-state index < -0.39 is 21.8 Å². The Morgan fingerprint density at radius 1 is 0.967 bits per heavy atom. The van der Waals surface area contributed by atoms with E-state index in [2.05, 4.69) is 10.6 Å². The molecule has 0 saturated carbocycles. The SMILES string of the molecule is COc1ccc(OC)c(NC(=O)C(=O)Nc2cc(N3CCCS3(=O)=O)ccc2C)c1. The van der Waals surface area contributed by atoms with Crippen molar-refractivity contribution in [1.29, 1.82) is 0 Å². The molecule has 0 bridgehead atoms. The lowest BCUT2D eigenvalue weighted by molar-refractivity contribution is -0.133. The van der Waals surface area contributed by atoms with E-state index in [1.807, 2.05) is 0 Å². The fraction of sp³-hybridized carbons (Fsp3) is 0.300. The summed E-state index contributed by atoms with van der Waals surface area (Å²) in [7, 11) is -0.428. The number of benzene rings is 2. The summed E-state index contributed by atoms with van der Waals surface area (Å²) in [6.07, 6.45) is 0.544. The highest BCUT2D eigenvalue weighted by Gasteiger charge is 2.29. The molecule has 0 aliphatic carbocycles. The first-order chi connectivity index (χ1) is 14.2. The molecular formula is C20H23N3O6S. The smallest absolute Gasteiger partial charge is 0.314 e. The number of carbonyl (C=O) groups excluding carboxylic acids is 2. The average Bonchev–Trinajstić information content (AvgIpc) is 3.08. The number of aryl methyl sites for hydroxylation is 1. The molecule has 0 atom stereocenters. The summed E-state index contributed by atoms with van der Waals surface area (Å²) >= 11 is 0. The lowest BCUT2D eigenvalue weighted by Gasteiger charge is -2.19. The maximum Gasteiger partial charge on any atom is 0.314 e. The van der Waals surface area contributed by atoms with E-state index >= 15 is 0 Å². The first kappa shape index (κ1) is 21.4. The third-order valence-corrected chi connectivity index (χ3v) is 6.59. The Balaban J connectivity index is 1.77. The molecule has 2 amide bonds. The topological polar surface area (TPSA) is 114 Å². The molecule has 30 heavy (non-hydrogen) atoms. The van der Waals surface area contributed by atoms with Crippen LogP contribution in [-0.4, -0.2) is 46.7 Å². The zero-order valence-corrected chi connectivity index (χ0v) is 17.7. The normalized spacial score (nSPS) is 14.8. The Bertz CT molecular complexity index is 1080. The van der Waals surface area contributed by atoms with Gasteiger partial charge in [0.25, 0.3) is 0 Å². The molecule has 10 heteroatoms. The lowest BCUT2D eigenvalue weighted by atomic mass is 10.1. The van der Waals surface area contributed by atoms with Crippen LogP contribution in [0.25, 0.3) is 0 Å². The number of methoxy groups -OCH3 is 2. The highest BCUT2D eigenvalue weighted by atomic mass is 32.2. The predicted molar refractivity (Wildman–Crippen MR) is 114 cm³/mol. The minimum absolute atomic E-state index is 0.0906. The standard InChI is InChI=1S/C20H23N3O6S/c1-13-5-6-14(23-9-4-10-30(23,26)27)11-16(13)21-19(24)20(25)22-17-12-15(28-2)7-8-18(17)29-3/h5-8,11-12H,4,9-10H2,1-3H3,(H,21,24)(H,22,25). The molecule has 2 aromatic carbocycles. The Kier molecular flexibility index (Phi) is 6.16. The highest BCUT2D eigenvalue weighted by Crippen LogP contribution is 2.30. The molecule has 3 rings (SSSR count). The number of anilines is 3. The molecule has 9 nitrogen and oxygen atoms in total. The second-order valence-corrected chi connectivity index (χ2v) is 8.73. The quantitative estimate of drug-likeness (QED) is 0.699. The Morgan fingerprint density at radius 3 is 2.27 bits per heavy atom. The Morgan fingerprint density at radius 2 is 1.67 bits per heavy atom. The van der Waals surface area contributed by atoms with Crippen molar-refractivity contribution in [3.05, 3.63) is 42.0 Å². The van der Waals surface area contributed by atoms with E-state index in [0.29, 0.717) is 41.4 Å². The van der Waals surface area contributed by atoms with Crippen LogP contribution in [-0.2, 0) is 19.6 Å². The van der Waals surface area contributed by atoms with Gasteiger partial charge < -0.3 is 20.1 Å². The van der Waals surface area contributed by atoms with Gasteiger partial charge in [0.05, 0.1) is 31.3 Å². The molecule has 160 valence electrons. The summed E-state index contributed by atoms with van der Waals surface area (Å²) in [6.45, 7) is 2.13. The van der Waals surface area contributed by atoms with Crippen molar-refractivity contribution in [3.8, 4) is 11.5 Å². The first-order valence-electron chi connectivity index (χ1n) is 9.20. The van der Waals surface area contributed by atoms with Crippen LogP contribution in [0, 0.1) is 6.92 Å². The van der Waals surface area contributed by atoms with E-state index in [-0.39, 0.29) is 11.4 Å². The molecule has 2 N–H and O–H groups in total. The van der Waals surface area contributed by atoms with Crippen LogP contribution in [0.3, 0.4) is 0 Å². The van der Waals surface area contributed by atoms with Gasteiger partial charge in [-0.25, -0.2) is 8.42 Å². The summed E-state index contributed by atoms with van der Waals surface area (Å²) in [4.78, 5) is 24.9. The minimum Gasteiger partial charge on any atom is -0.497 e. The van der Waals surface area contributed by atoms with E-state index in [9.17, 15) is 18.0 Å². The Hall–Kier alpha value is -3.27. The maximum absolute atomic E-state index is 12.5. The number of rotatable bonds is 5. The zero-order chi connectivity index (χ0) is 21.9. The number of carbonyl (C=O) groups is 2. The summed E-state index contributed by atoms with van der Waals surface area (Å²) in [6, 6.07) is 9.73. The van der Waals surface area contributed by atoms with Crippen molar-refractivity contribution in [2.45, 2.75) is 13.3 Å². The molecule has 0 radical (unpaired) electrons. The van der Waals surface area contributed by atoms with Crippen LogP contribution >= 0.6 is 0 Å². The molecule has 1 saturated heterocycles. The molecular weight excluding hydrogens is 410 g/mol. The number of sulfonamides is 1. The van der Waals surface area contributed by atoms with E-state index in [1.165, 1.54) is 24.6 Å². The fourth-order valence-corrected chi connectivity index (χ4v) is 4.66. The third-order valence-electron chi connectivity index (χ3n) is 4.72. The fourth-order valence-electron chi connectivity index (χ4n) is 3.10. The molecule has 2 aromatic rings. The second-order valence-electron chi connectivity index (χ2n) is 6.72. The van der Waals surface area contributed by atoms with Crippen LogP contribution in [0.4, 0.5) is 17.1 Å². The summed E-state index contributed by atoms with van der Waals surface area (Å²) in [5, 5.41) is 5.04. The average molecular weight is 433 g/mol. The highest BCUT2D eigenvalue weighted by molar-refractivity contribution is 7.93. The largest absolute Gasteiger partial charge is 0.497 e. The predicted octanol–water partition coefficient (Wildman–Crippen LogP) is 2.13. The van der Waals surface area contributed by atoms with Gasteiger partial charge in [0.2, 0.25) is 10.0 Å². The first-order valence-corrected chi connectivity index (χ1v) is 10.8. The van der Waals surface area contributed by atoms with Gasteiger partial charge in [-0.15, -0.1) is 0 Å². The number of nitrogens with zero attached hydrogens (tertiary/aromatic N) is 1. The molecule has 1 heterocycles. The van der Waals surface area contributed by atoms with Gasteiger partial charge in [-0.05, 0) is 43.2 Å². The molecule has 0 aromatic heterocycles. The number of nitrogens with one attached hydrogen (secondary N) is 2. The van der Waals surface area contributed by atoms with Gasteiger partial charge in [-0.2, -0.15) is 0 Å². The second kappa shape index (κ2) is 8.62. The molecule has 1 aliphatic heterocycles. The van der Waals surface area contributed by atoms with Crippen molar-refractivity contribution in [3.63, 3.8) is 0 Å². The van der Waals surface area contributed by atoms with Crippen molar-refractivity contribution < 1.29 is 27.5 Å². The number of hydrogen-bond donors (Lipinski definition) is 2. The summed E-state index contributed by atoms with van der Waals surface area (Å²) in [5.41, 5.74) is 1.77. The van der Waals surface area contributed by atoms with Gasteiger partial charge in [-0.1, -0.05) is 6.07 Å². The van der Waals surface area contributed by atoms with Crippen molar-refractivity contribution >= 4 is 38.9 Å². The van der Waals surface area contributed by atoms with Crippen molar-refractivity contribution in [2.24, 2.45) is 0 Å². The summed E-state index contributed by atoms with van der Waals surface area (Å²) in [5.74, 6) is -0.853. The zero-order valence-electron chi connectivity index (χ0n) is 16.9. The van der Waals surface area contributed by atoms with Crippen molar-refractivity contribution in [2.75, 3.05) is 41.5 Å². The van der Waals surface area contributed by atoms with E-state index in [0.717, 1.165) is 0 Å². The van der Waals surface area contributed by atoms with Gasteiger partial charge >= 0.3 is 11.8 Å². The maximum atomic E-state index is 12.5. The number of amides is 2. The van der Waals surface area contributed by atoms with Gasteiger partial charge in [0.1, 0.15) is 11.5 Å². The van der Waals surface area contributed by atoms with Crippen LogP contribution in [0.15, 0.2) is 36.4 Å². The lowest BCUT2D eigenvalue weighted by Crippen LogP contribution is -2.30. The van der Waals surface area contributed by atoms with Gasteiger partial charge in [0.15, 0.2) is 0 Å². The van der Waals surface area contributed by atoms with Crippen LogP contribution in [0.2, 0.25) is 0 Å². The van der Waals surface area contributed by atoms with Crippen LogP contribution in [0.5, 0.6) is 11.5 Å². The molecule has 0 unspecified atom stereocenters. The monoisotopic (exact) mass is 433 g/mol. The van der Waals surface area contributed by atoms with Gasteiger partial charge in [-0.3, -0.25) is 13.9 Å². The van der Waals surface area contributed by atoms with Crippen LogP contribution < -0.4 is 24.4 Å². The molecule has 1 fully saturated rings. The van der Waals surface area contributed by atoms with Crippen molar-refractivity contribution in [1.82, 2.24) is 0 Å². The Labute approximate surface area is 175 Å². The van der Waals surface area contributed by atoms with Crippen LogP contribution in [0.1, 0.15) is 12.0 Å². The number of ether oxygens (including phenoxy) is 2. The minimum atomic E-state index is -3.35. The van der Waals surface area contributed by atoms with Gasteiger partial charge in [0, 0.05) is 18.3 Å². The third kappa shape index (κ3) is 4.48.